The Morgan fingerprint density at radius 2 is 2.33 bits per heavy atom. The second kappa shape index (κ2) is 6.00. The quantitative estimate of drug-likeness (QED) is 0.884. The van der Waals surface area contributed by atoms with E-state index in [1.807, 2.05) is 24.3 Å². The molecular weight excluding hydrogens is 258 g/mol. The SMILES string of the molecule is COCC(N)C(=O)Cc1cccc(Br)c1. The topological polar surface area (TPSA) is 52.3 Å². The summed E-state index contributed by atoms with van der Waals surface area (Å²) in [5, 5.41) is 0. The first-order chi connectivity index (χ1) is 7.13. The lowest BCUT2D eigenvalue weighted by Gasteiger charge is -2.09. The zero-order chi connectivity index (χ0) is 11.3. The molecule has 0 aromatic heterocycles. The molecule has 1 aromatic carbocycles. The summed E-state index contributed by atoms with van der Waals surface area (Å²) in [7, 11) is 1.53. The lowest BCUT2D eigenvalue weighted by atomic mass is 10.1. The number of nitrogens with two attached hydrogens (primary N) is 1. The van der Waals surface area contributed by atoms with Gasteiger partial charge in [0.25, 0.3) is 0 Å². The Kier molecular flexibility index (Phi) is 4.94. The molecule has 0 aliphatic heterocycles. The van der Waals surface area contributed by atoms with Gasteiger partial charge in [0.1, 0.15) is 0 Å². The molecule has 0 radical (unpaired) electrons. The minimum atomic E-state index is -0.533. The van der Waals surface area contributed by atoms with E-state index in [1.165, 1.54) is 7.11 Å². The highest BCUT2D eigenvalue weighted by Gasteiger charge is 2.13. The van der Waals surface area contributed by atoms with Crippen LogP contribution in [0.25, 0.3) is 0 Å². The van der Waals surface area contributed by atoms with Crippen molar-refractivity contribution in [3.05, 3.63) is 34.3 Å². The number of methoxy groups -OCH3 is 1. The highest BCUT2D eigenvalue weighted by molar-refractivity contribution is 9.10. The lowest BCUT2D eigenvalue weighted by molar-refractivity contribution is -0.120. The molecule has 0 saturated heterocycles. The number of hydrogen-bond acceptors (Lipinski definition) is 3. The third-order valence-electron chi connectivity index (χ3n) is 2.03. The molecule has 4 heteroatoms. The van der Waals surface area contributed by atoms with E-state index in [4.69, 9.17) is 10.5 Å². The Bertz CT molecular complexity index is 341. The molecule has 1 aromatic rings. The summed E-state index contributed by atoms with van der Waals surface area (Å²) in [4.78, 5) is 11.6. The van der Waals surface area contributed by atoms with Gasteiger partial charge in [0.05, 0.1) is 12.6 Å². The molecule has 3 nitrogen and oxygen atoms in total. The number of benzene rings is 1. The summed E-state index contributed by atoms with van der Waals surface area (Å²) in [6.45, 7) is 0.271. The van der Waals surface area contributed by atoms with Crippen molar-refractivity contribution < 1.29 is 9.53 Å². The lowest BCUT2D eigenvalue weighted by Crippen LogP contribution is -2.35. The Morgan fingerprint density at radius 3 is 2.93 bits per heavy atom. The fourth-order valence-electron chi connectivity index (χ4n) is 1.25. The van der Waals surface area contributed by atoms with Crippen molar-refractivity contribution in [2.45, 2.75) is 12.5 Å². The molecule has 15 heavy (non-hydrogen) atoms. The first kappa shape index (κ1) is 12.4. The third-order valence-corrected chi connectivity index (χ3v) is 2.52. The second-order valence-electron chi connectivity index (χ2n) is 3.33. The number of halogens is 1. The van der Waals surface area contributed by atoms with Crippen LogP contribution in [-0.4, -0.2) is 25.5 Å². The number of carbonyl (C=O) groups excluding carboxylic acids is 1. The predicted molar refractivity (Wildman–Crippen MR) is 62.7 cm³/mol. The largest absolute Gasteiger partial charge is 0.383 e. The van der Waals surface area contributed by atoms with E-state index in [-0.39, 0.29) is 12.4 Å². The molecule has 0 heterocycles. The molecule has 0 spiro atoms. The zero-order valence-electron chi connectivity index (χ0n) is 8.57. The van der Waals surface area contributed by atoms with Crippen molar-refractivity contribution in [1.29, 1.82) is 0 Å². The average molecular weight is 272 g/mol. The van der Waals surface area contributed by atoms with Crippen LogP contribution >= 0.6 is 15.9 Å². The minimum absolute atomic E-state index is 0.00468. The van der Waals surface area contributed by atoms with Crippen LogP contribution in [0.3, 0.4) is 0 Å². The van der Waals surface area contributed by atoms with Crippen LogP contribution in [0.1, 0.15) is 5.56 Å². The molecule has 0 saturated carbocycles. The summed E-state index contributed by atoms with van der Waals surface area (Å²) in [5.74, 6) is -0.00468. The van der Waals surface area contributed by atoms with Crippen molar-refractivity contribution in [2.24, 2.45) is 5.73 Å². The van der Waals surface area contributed by atoms with Crippen molar-refractivity contribution in [1.82, 2.24) is 0 Å². The molecule has 0 amide bonds. The van der Waals surface area contributed by atoms with E-state index < -0.39 is 6.04 Å². The average Bonchev–Trinajstić information content (AvgIpc) is 2.18. The highest BCUT2D eigenvalue weighted by atomic mass is 79.9. The molecule has 0 aliphatic rings. The fourth-order valence-corrected chi connectivity index (χ4v) is 1.70. The maximum Gasteiger partial charge on any atom is 0.156 e. The minimum Gasteiger partial charge on any atom is -0.383 e. The van der Waals surface area contributed by atoms with Gasteiger partial charge in [-0.15, -0.1) is 0 Å². The molecule has 1 unspecified atom stereocenters. The molecule has 0 fully saturated rings. The van der Waals surface area contributed by atoms with E-state index >= 15 is 0 Å². The van der Waals surface area contributed by atoms with Crippen LogP contribution in [0.4, 0.5) is 0 Å². The van der Waals surface area contributed by atoms with E-state index in [0.29, 0.717) is 6.42 Å². The molecular formula is C11H14BrNO2. The molecule has 2 N–H and O–H groups in total. The van der Waals surface area contributed by atoms with Crippen LogP contribution in [0.15, 0.2) is 28.7 Å². The fraction of sp³-hybridized carbons (Fsp3) is 0.364. The molecule has 0 bridgehead atoms. The summed E-state index contributed by atoms with van der Waals surface area (Å²) in [6.07, 6.45) is 0.351. The van der Waals surface area contributed by atoms with Crippen molar-refractivity contribution in [2.75, 3.05) is 13.7 Å². The van der Waals surface area contributed by atoms with Gasteiger partial charge in [0.2, 0.25) is 0 Å². The van der Waals surface area contributed by atoms with Gasteiger partial charge < -0.3 is 10.5 Å². The number of Topliss-reactive ketones (excluding diaryl/α,β-unsaturated/α-hetero) is 1. The highest BCUT2D eigenvalue weighted by Crippen LogP contribution is 2.12. The van der Waals surface area contributed by atoms with Crippen LogP contribution in [-0.2, 0) is 16.0 Å². The predicted octanol–water partition coefficient (Wildman–Crippen LogP) is 1.53. The number of ketones is 1. The third kappa shape index (κ3) is 4.11. The van der Waals surface area contributed by atoms with E-state index in [0.717, 1.165) is 10.0 Å². The van der Waals surface area contributed by atoms with Crippen LogP contribution in [0.5, 0.6) is 0 Å². The number of ether oxygens (including phenoxy) is 1. The van der Waals surface area contributed by atoms with Crippen LogP contribution in [0, 0.1) is 0 Å². The molecule has 82 valence electrons. The van der Waals surface area contributed by atoms with Gasteiger partial charge in [-0.05, 0) is 17.7 Å². The van der Waals surface area contributed by atoms with Gasteiger partial charge in [0.15, 0.2) is 5.78 Å². The number of carbonyl (C=O) groups is 1. The smallest absolute Gasteiger partial charge is 0.156 e. The van der Waals surface area contributed by atoms with Crippen LogP contribution in [0.2, 0.25) is 0 Å². The Labute approximate surface area is 97.7 Å². The van der Waals surface area contributed by atoms with Gasteiger partial charge in [-0.2, -0.15) is 0 Å². The monoisotopic (exact) mass is 271 g/mol. The number of rotatable bonds is 5. The summed E-state index contributed by atoms with van der Waals surface area (Å²) >= 11 is 3.35. The van der Waals surface area contributed by atoms with Crippen molar-refractivity contribution in [3.8, 4) is 0 Å². The Morgan fingerprint density at radius 1 is 1.60 bits per heavy atom. The maximum absolute atomic E-state index is 11.6. The molecule has 1 atom stereocenters. The molecule has 0 aliphatic carbocycles. The van der Waals surface area contributed by atoms with E-state index in [1.54, 1.807) is 0 Å². The van der Waals surface area contributed by atoms with Gasteiger partial charge in [-0.1, -0.05) is 28.1 Å². The summed E-state index contributed by atoms with van der Waals surface area (Å²) in [5.41, 5.74) is 6.59. The standard InChI is InChI=1S/C11H14BrNO2/c1-15-7-10(13)11(14)6-8-3-2-4-9(12)5-8/h2-5,10H,6-7,13H2,1H3. The second-order valence-corrected chi connectivity index (χ2v) is 4.25. The Balaban J connectivity index is 2.58. The first-order valence-electron chi connectivity index (χ1n) is 4.65. The van der Waals surface area contributed by atoms with E-state index in [9.17, 15) is 4.79 Å². The first-order valence-corrected chi connectivity index (χ1v) is 5.44. The normalized spacial score (nSPS) is 12.5. The maximum atomic E-state index is 11.6. The zero-order valence-corrected chi connectivity index (χ0v) is 10.2. The van der Waals surface area contributed by atoms with Gasteiger partial charge in [-0.3, -0.25) is 4.79 Å². The summed E-state index contributed by atoms with van der Waals surface area (Å²) < 4.78 is 5.80. The van der Waals surface area contributed by atoms with Crippen molar-refractivity contribution >= 4 is 21.7 Å². The Hall–Kier alpha value is -0.710. The van der Waals surface area contributed by atoms with Gasteiger partial charge in [-0.25, -0.2) is 0 Å². The van der Waals surface area contributed by atoms with Crippen LogP contribution < -0.4 is 5.73 Å². The van der Waals surface area contributed by atoms with E-state index in [2.05, 4.69) is 15.9 Å². The van der Waals surface area contributed by atoms with Gasteiger partial charge in [0, 0.05) is 18.0 Å². The van der Waals surface area contributed by atoms with Crippen molar-refractivity contribution in [3.63, 3.8) is 0 Å². The van der Waals surface area contributed by atoms with Gasteiger partial charge >= 0.3 is 0 Å². The molecule has 1 rings (SSSR count). The summed E-state index contributed by atoms with van der Waals surface area (Å²) in [6, 6.07) is 7.10. The number of hydrogen-bond donors (Lipinski definition) is 1.